The van der Waals surface area contributed by atoms with Crippen molar-refractivity contribution in [2.75, 3.05) is 38.7 Å². The molecule has 0 radical (unpaired) electrons. The van der Waals surface area contributed by atoms with Gasteiger partial charge in [-0.1, -0.05) is 13.8 Å². The number of nitrogens with zero attached hydrogens (tertiary/aromatic N) is 3. The van der Waals surface area contributed by atoms with E-state index in [1.165, 1.54) is 0 Å². The smallest absolute Gasteiger partial charge is 0.152 e. The van der Waals surface area contributed by atoms with Gasteiger partial charge in [-0.3, -0.25) is 0 Å². The van der Waals surface area contributed by atoms with E-state index in [9.17, 15) is 0 Å². The lowest BCUT2D eigenvalue weighted by atomic mass is 10.1. The highest BCUT2D eigenvalue weighted by Gasteiger charge is 2.09. The summed E-state index contributed by atoms with van der Waals surface area (Å²) < 4.78 is 6.86. The van der Waals surface area contributed by atoms with Crippen LogP contribution in [-0.4, -0.2) is 47.9 Å². The van der Waals surface area contributed by atoms with Crippen molar-refractivity contribution in [3.63, 3.8) is 0 Å². The molecule has 0 saturated carbocycles. The Morgan fingerprint density at radius 2 is 2.15 bits per heavy atom. The number of methoxy groups -OCH3 is 1. The van der Waals surface area contributed by atoms with Gasteiger partial charge < -0.3 is 15.4 Å². The molecule has 0 aliphatic carbocycles. The number of anilines is 1. The van der Waals surface area contributed by atoms with E-state index in [4.69, 9.17) is 4.74 Å². The van der Waals surface area contributed by atoms with Gasteiger partial charge in [-0.2, -0.15) is 5.10 Å². The molecule has 6 nitrogen and oxygen atoms in total. The first-order valence-electron chi connectivity index (χ1n) is 7.00. The Bertz CT molecular complexity index is 537. The predicted octanol–water partition coefficient (Wildman–Crippen LogP) is 1.50. The first-order valence-corrected chi connectivity index (χ1v) is 7.00. The van der Waals surface area contributed by atoms with Crippen molar-refractivity contribution in [2.45, 2.75) is 19.8 Å². The van der Waals surface area contributed by atoms with Gasteiger partial charge in [-0.25, -0.2) is 9.50 Å². The van der Waals surface area contributed by atoms with E-state index in [-0.39, 0.29) is 0 Å². The minimum Gasteiger partial charge on any atom is -0.383 e. The first kappa shape index (κ1) is 14.7. The van der Waals surface area contributed by atoms with Crippen LogP contribution in [0.4, 0.5) is 5.82 Å². The minimum absolute atomic E-state index is 0.415. The highest BCUT2D eigenvalue weighted by Crippen LogP contribution is 2.19. The molecule has 6 heteroatoms. The number of rotatable bonds is 8. The lowest BCUT2D eigenvalue weighted by Gasteiger charge is -2.07. The first-order chi connectivity index (χ1) is 9.72. The Labute approximate surface area is 119 Å². The molecule has 2 aromatic heterocycles. The van der Waals surface area contributed by atoms with Crippen molar-refractivity contribution >= 4 is 11.3 Å². The van der Waals surface area contributed by atoms with Crippen LogP contribution in [0.25, 0.3) is 5.52 Å². The van der Waals surface area contributed by atoms with Crippen LogP contribution in [0.2, 0.25) is 0 Å². The van der Waals surface area contributed by atoms with Gasteiger partial charge in [0.25, 0.3) is 0 Å². The van der Waals surface area contributed by atoms with Crippen molar-refractivity contribution < 1.29 is 4.74 Å². The summed E-state index contributed by atoms with van der Waals surface area (Å²) in [6, 6.07) is 2.10. The topological polar surface area (TPSA) is 63.5 Å². The van der Waals surface area contributed by atoms with Gasteiger partial charge in [0.1, 0.15) is 5.52 Å². The van der Waals surface area contributed by atoms with Crippen LogP contribution in [-0.2, 0) is 4.74 Å². The van der Waals surface area contributed by atoms with Crippen molar-refractivity contribution in [1.82, 2.24) is 19.9 Å². The lowest BCUT2D eigenvalue weighted by molar-refractivity contribution is 0.200. The fourth-order valence-corrected chi connectivity index (χ4v) is 1.93. The van der Waals surface area contributed by atoms with Gasteiger partial charge in [0, 0.05) is 39.1 Å². The SMILES string of the molecule is COCCNCCNc1nccn2nc(C(C)C)cc12. The van der Waals surface area contributed by atoms with Gasteiger partial charge in [0.2, 0.25) is 0 Å². The van der Waals surface area contributed by atoms with Gasteiger partial charge in [-0.15, -0.1) is 0 Å². The number of hydrogen-bond acceptors (Lipinski definition) is 5. The summed E-state index contributed by atoms with van der Waals surface area (Å²) in [5.41, 5.74) is 2.10. The number of ether oxygens (including phenoxy) is 1. The molecule has 0 amide bonds. The molecule has 0 aromatic carbocycles. The molecule has 0 unspecified atom stereocenters. The molecule has 0 saturated heterocycles. The molecule has 0 bridgehead atoms. The summed E-state index contributed by atoms with van der Waals surface area (Å²) in [5.74, 6) is 1.29. The van der Waals surface area contributed by atoms with Gasteiger partial charge in [-0.05, 0) is 12.0 Å². The third-order valence-corrected chi connectivity index (χ3v) is 3.08. The van der Waals surface area contributed by atoms with E-state index in [0.717, 1.165) is 43.3 Å². The minimum atomic E-state index is 0.415. The standard InChI is InChI=1S/C14H23N5O/c1-11(2)12-10-13-14(17-6-8-19(13)18-12)16-5-4-15-7-9-20-3/h6,8,10-11,15H,4-5,7,9H2,1-3H3,(H,16,17). The highest BCUT2D eigenvalue weighted by molar-refractivity contribution is 5.67. The van der Waals surface area contributed by atoms with E-state index in [1.807, 2.05) is 10.7 Å². The summed E-state index contributed by atoms with van der Waals surface area (Å²) in [4.78, 5) is 4.39. The maximum Gasteiger partial charge on any atom is 0.152 e. The van der Waals surface area contributed by atoms with Crippen molar-refractivity contribution in [2.24, 2.45) is 0 Å². The van der Waals surface area contributed by atoms with Crippen LogP contribution in [0.1, 0.15) is 25.5 Å². The number of fused-ring (bicyclic) bond motifs is 1. The Balaban J connectivity index is 1.95. The van der Waals surface area contributed by atoms with Crippen LogP contribution in [0.15, 0.2) is 18.5 Å². The normalized spacial score (nSPS) is 11.4. The zero-order valence-electron chi connectivity index (χ0n) is 12.4. The summed E-state index contributed by atoms with van der Waals surface area (Å²) in [5, 5.41) is 11.2. The fraction of sp³-hybridized carbons (Fsp3) is 0.571. The molecule has 2 aromatic rings. The Morgan fingerprint density at radius 1 is 1.30 bits per heavy atom. The predicted molar refractivity (Wildman–Crippen MR) is 80.3 cm³/mol. The van der Waals surface area contributed by atoms with E-state index < -0.39 is 0 Å². The molecule has 2 N–H and O–H groups in total. The molecule has 110 valence electrons. The van der Waals surface area contributed by atoms with Crippen LogP contribution >= 0.6 is 0 Å². The summed E-state index contributed by atoms with van der Waals surface area (Å²) in [6.07, 6.45) is 3.65. The van der Waals surface area contributed by atoms with Crippen LogP contribution in [0.5, 0.6) is 0 Å². The second-order valence-corrected chi connectivity index (χ2v) is 5.00. The Kier molecular flexibility index (Phi) is 5.31. The Hall–Kier alpha value is -1.66. The number of nitrogens with one attached hydrogen (secondary N) is 2. The third-order valence-electron chi connectivity index (χ3n) is 3.08. The van der Waals surface area contributed by atoms with E-state index >= 15 is 0 Å². The zero-order valence-corrected chi connectivity index (χ0v) is 12.4. The summed E-state index contributed by atoms with van der Waals surface area (Å²) >= 11 is 0. The van der Waals surface area contributed by atoms with Crippen molar-refractivity contribution in [3.05, 3.63) is 24.2 Å². The maximum atomic E-state index is 4.98. The lowest BCUT2D eigenvalue weighted by Crippen LogP contribution is -2.25. The maximum absolute atomic E-state index is 4.98. The van der Waals surface area contributed by atoms with Gasteiger partial charge in [0.15, 0.2) is 5.82 Å². The average molecular weight is 277 g/mol. The van der Waals surface area contributed by atoms with Crippen LogP contribution in [0.3, 0.4) is 0 Å². The fourth-order valence-electron chi connectivity index (χ4n) is 1.93. The second-order valence-electron chi connectivity index (χ2n) is 5.00. The monoisotopic (exact) mass is 277 g/mol. The largest absolute Gasteiger partial charge is 0.383 e. The molecule has 0 aliphatic heterocycles. The van der Waals surface area contributed by atoms with Crippen molar-refractivity contribution in [1.29, 1.82) is 0 Å². The molecule has 20 heavy (non-hydrogen) atoms. The highest BCUT2D eigenvalue weighted by atomic mass is 16.5. The molecular formula is C14H23N5O. The zero-order chi connectivity index (χ0) is 14.4. The third kappa shape index (κ3) is 3.68. The summed E-state index contributed by atoms with van der Waals surface area (Å²) in [7, 11) is 1.70. The summed E-state index contributed by atoms with van der Waals surface area (Å²) in [6.45, 7) is 7.56. The molecule has 0 atom stereocenters. The van der Waals surface area contributed by atoms with Gasteiger partial charge in [0.05, 0.1) is 12.3 Å². The second kappa shape index (κ2) is 7.21. The quantitative estimate of drug-likeness (QED) is 0.716. The number of aromatic nitrogens is 3. The molecule has 2 rings (SSSR count). The Morgan fingerprint density at radius 3 is 2.90 bits per heavy atom. The molecule has 0 fully saturated rings. The van der Waals surface area contributed by atoms with Crippen LogP contribution < -0.4 is 10.6 Å². The molecule has 0 spiro atoms. The van der Waals surface area contributed by atoms with E-state index in [1.54, 1.807) is 13.3 Å². The van der Waals surface area contributed by atoms with Crippen molar-refractivity contribution in [3.8, 4) is 0 Å². The molecule has 2 heterocycles. The van der Waals surface area contributed by atoms with Gasteiger partial charge >= 0.3 is 0 Å². The number of hydrogen-bond donors (Lipinski definition) is 2. The van der Waals surface area contributed by atoms with Crippen LogP contribution in [0, 0.1) is 0 Å². The van der Waals surface area contributed by atoms with E-state index in [0.29, 0.717) is 5.92 Å². The van der Waals surface area contributed by atoms with E-state index in [2.05, 4.69) is 40.6 Å². The average Bonchev–Trinajstić information content (AvgIpc) is 2.87. The molecule has 0 aliphatic rings. The molecular weight excluding hydrogens is 254 g/mol.